The van der Waals surface area contributed by atoms with Crippen LogP contribution in [0.4, 0.5) is 17.6 Å². The molecule has 3 heterocycles. The van der Waals surface area contributed by atoms with Gasteiger partial charge in [0.25, 0.3) is 0 Å². The first kappa shape index (κ1) is 22.6. The van der Waals surface area contributed by atoms with Crippen molar-refractivity contribution in [1.82, 2.24) is 15.1 Å². The second kappa shape index (κ2) is 7.79. The molecule has 1 aliphatic carbocycles. The molecule has 174 valence electrons. The number of Topliss-reactive ketones (excluding diaryl/α,β-unsaturated/α-hetero) is 1. The lowest BCUT2D eigenvalue weighted by atomic mass is 9.78. The molecule has 1 saturated carbocycles. The lowest BCUT2D eigenvalue weighted by molar-refractivity contribution is -0.190. The third kappa shape index (κ3) is 4.22. The van der Waals surface area contributed by atoms with Crippen LogP contribution in [0.2, 0.25) is 0 Å². The van der Waals surface area contributed by atoms with Gasteiger partial charge in [-0.3, -0.25) is 9.78 Å². The quantitative estimate of drug-likeness (QED) is 0.433. The van der Waals surface area contributed by atoms with Crippen LogP contribution in [0.1, 0.15) is 60.9 Å². The van der Waals surface area contributed by atoms with Gasteiger partial charge in [0.15, 0.2) is 23.4 Å². The molecule has 4 rings (SSSR count). The van der Waals surface area contributed by atoms with Crippen molar-refractivity contribution in [3.63, 3.8) is 0 Å². The Kier molecular flexibility index (Phi) is 5.51. The molecule has 2 aromatic heterocycles. The Bertz CT molecular complexity index is 1020. The molecule has 2 atom stereocenters. The van der Waals surface area contributed by atoms with Gasteiger partial charge < -0.3 is 14.0 Å². The molecule has 0 bridgehead atoms. The van der Waals surface area contributed by atoms with Crippen molar-refractivity contribution in [3.05, 3.63) is 35.2 Å². The Hall–Kier alpha value is -2.56. The van der Waals surface area contributed by atoms with Crippen molar-refractivity contribution in [2.45, 2.75) is 63.4 Å². The normalized spacial score (nSPS) is 20.8. The van der Waals surface area contributed by atoms with E-state index >= 15 is 0 Å². The van der Waals surface area contributed by atoms with Crippen LogP contribution >= 0.6 is 0 Å². The highest BCUT2D eigenvalue weighted by Crippen LogP contribution is 2.49. The minimum absolute atomic E-state index is 0.0267. The summed E-state index contributed by atoms with van der Waals surface area (Å²) >= 11 is 0. The molecule has 1 saturated heterocycles. The maximum Gasteiger partial charge on any atom is 0.425 e. The number of alkyl halides is 4. The van der Waals surface area contributed by atoms with E-state index in [9.17, 15) is 22.4 Å². The van der Waals surface area contributed by atoms with Gasteiger partial charge in [-0.05, 0) is 25.7 Å². The number of ketones is 1. The molecule has 2 aliphatic rings. The first-order valence-electron chi connectivity index (χ1n) is 10.3. The van der Waals surface area contributed by atoms with E-state index in [1.807, 2.05) is 6.92 Å². The Morgan fingerprint density at radius 2 is 2.03 bits per heavy atom. The lowest BCUT2D eigenvalue weighted by Gasteiger charge is -2.35. The average Bonchev–Trinajstić information content (AvgIpc) is 3.46. The van der Waals surface area contributed by atoms with Crippen LogP contribution in [0.15, 0.2) is 16.8 Å². The Labute approximate surface area is 181 Å². The number of hydrogen-bond acceptors (Lipinski definition) is 7. The van der Waals surface area contributed by atoms with Crippen molar-refractivity contribution >= 4 is 5.78 Å². The molecule has 0 radical (unpaired) electrons. The zero-order valence-electron chi connectivity index (χ0n) is 17.8. The first-order valence-corrected chi connectivity index (χ1v) is 10.3. The minimum atomic E-state index is -4.66. The van der Waals surface area contributed by atoms with Crippen LogP contribution in [0, 0.1) is 12.8 Å². The van der Waals surface area contributed by atoms with Crippen LogP contribution in [0.3, 0.4) is 0 Å². The average molecular weight is 457 g/mol. The van der Waals surface area contributed by atoms with E-state index in [1.165, 1.54) is 0 Å². The number of halogens is 4. The number of pyridine rings is 1. The summed E-state index contributed by atoms with van der Waals surface area (Å²) < 4.78 is 69.2. The van der Waals surface area contributed by atoms with E-state index in [1.54, 1.807) is 6.92 Å². The van der Waals surface area contributed by atoms with Gasteiger partial charge in [0.1, 0.15) is 11.4 Å². The van der Waals surface area contributed by atoms with Crippen LogP contribution in [0.5, 0.6) is 5.75 Å². The van der Waals surface area contributed by atoms with Crippen molar-refractivity contribution in [2.75, 3.05) is 13.2 Å². The van der Waals surface area contributed by atoms with Crippen molar-refractivity contribution < 1.29 is 36.4 Å². The van der Waals surface area contributed by atoms with Crippen molar-refractivity contribution in [2.24, 2.45) is 5.92 Å². The third-order valence-electron chi connectivity index (χ3n) is 6.11. The van der Waals surface area contributed by atoms with Gasteiger partial charge in [0.05, 0.1) is 18.8 Å². The summed E-state index contributed by atoms with van der Waals surface area (Å²) in [5.41, 5.74) is -3.01. The van der Waals surface area contributed by atoms with E-state index in [-0.39, 0.29) is 42.6 Å². The fraction of sp³-hybridized carbons (Fsp3) is 0.619. The molecule has 0 spiro atoms. The van der Waals surface area contributed by atoms with Gasteiger partial charge >= 0.3 is 6.18 Å². The molecule has 0 amide bonds. The van der Waals surface area contributed by atoms with Crippen LogP contribution < -0.4 is 4.74 Å². The SMILES string of the molecule is Cc1nc(C(C)(CC(=O)c2cc(O[C@@H](C)C(F)(F)F)c(C3(F)COC3)cn2)C2CC2)no1. The standard InChI is InChI=1S/C21H23F4N3O4/c1-11(21(23,24)25)31-17-6-15(26-8-14(17)20(22)9-30-10-20)16(29)7-19(3,13-4-5-13)18-27-12(2)32-28-18/h6,8,11,13H,4-5,7,9-10H2,1-3H3/t11-,19?/m0/s1. The molecule has 32 heavy (non-hydrogen) atoms. The molecule has 7 nitrogen and oxygen atoms in total. The smallest absolute Gasteiger partial charge is 0.425 e. The number of ether oxygens (including phenoxy) is 2. The minimum Gasteiger partial charge on any atom is -0.481 e. The zero-order chi connectivity index (χ0) is 23.3. The molecule has 1 unspecified atom stereocenters. The fourth-order valence-electron chi connectivity index (χ4n) is 3.80. The number of hydrogen-bond donors (Lipinski definition) is 0. The molecule has 11 heteroatoms. The number of aryl methyl sites for hydroxylation is 1. The molecule has 2 aromatic rings. The Morgan fingerprint density at radius 3 is 2.53 bits per heavy atom. The highest BCUT2D eigenvalue weighted by molar-refractivity contribution is 5.95. The number of carbonyl (C=O) groups excluding carboxylic acids is 1. The highest BCUT2D eigenvalue weighted by atomic mass is 19.4. The summed E-state index contributed by atoms with van der Waals surface area (Å²) in [4.78, 5) is 21.4. The molecule has 1 aliphatic heterocycles. The zero-order valence-corrected chi connectivity index (χ0v) is 17.8. The summed E-state index contributed by atoms with van der Waals surface area (Å²) in [7, 11) is 0. The Balaban J connectivity index is 1.64. The maximum atomic E-state index is 14.9. The summed E-state index contributed by atoms with van der Waals surface area (Å²) in [6, 6.07) is 1.08. The second-order valence-corrected chi connectivity index (χ2v) is 8.75. The molecular formula is C21H23F4N3O4. The van der Waals surface area contributed by atoms with Crippen LogP contribution in [-0.4, -0.2) is 46.4 Å². The van der Waals surface area contributed by atoms with E-state index in [4.69, 9.17) is 14.0 Å². The lowest BCUT2D eigenvalue weighted by Crippen LogP contribution is -2.43. The number of carbonyl (C=O) groups is 1. The second-order valence-electron chi connectivity index (χ2n) is 8.75. The van der Waals surface area contributed by atoms with Crippen molar-refractivity contribution in [3.8, 4) is 5.75 Å². The predicted octanol–water partition coefficient (Wildman–Crippen LogP) is 4.24. The summed E-state index contributed by atoms with van der Waals surface area (Å²) in [5.74, 6) is 0.136. The molecule has 2 fully saturated rings. The predicted molar refractivity (Wildman–Crippen MR) is 102 cm³/mol. The van der Waals surface area contributed by atoms with Gasteiger partial charge in [-0.25, -0.2) is 4.39 Å². The van der Waals surface area contributed by atoms with Gasteiger partial charge in [-0.1, -0.05) is 12.1 Å². The molecular weight excluding hydrogens is 434 g/mol. The van der Waals surface area contributed by atoms with Crippen molar-refractivity contribution in [1.29, 1.82) is 0 Å². The van der Waals surface area contributed by atoms with E-state index in [2.05, 4.69) is 15.1 Å². The van der Waals surface area contributed by atoms with E-state index < -0.39 is 29.1 Å². The van der Waals surface area contributed by atoms with E-state index in [0.29, 0.717) is 11.7 Å². The van der Waals surface area contributed by atoms with Crippen LogP contribution in [-0.2, 0) is 15.8 Å². The van der Waals surface area contributed by atoms with Gasteiger partial charge in [-0.2, -0.15) is 18.2 Å². The van der Waals surface area contributed by atoms with Crippen LogP contribution in [0.25, 0.3) is 0 Å². The maximum absolute atomic E-state index is 14.9. The topological polar surface area (TPSA) is 87.3 Å². The molecule has 0 aromatic carbocycles. The number of rotatable bonds is 8. The first-order chi connectivity index (χ1) is 14.9. The van der Waals surface area contributed by atoms with Gasteiger partial charge in [-0.15, -0.1) is 0 Å². The fourth-order valence-corrected chi connectivity index (χ4v) is 3.80. The summed E-state index contributed by atoms with van der Waals surface area (Å²) in [5, 5.41) is 3.97. The molecule has 0 N–H and O–H groups in total. The monoisotopic (exact) mass is 457 g/mol. The third-order valence-corrected chi connectivity index (χ3v) is 6.11. The number of nitrogens with zero attached hydrogens (tertiary/aromatic N) is 3. The Morgan fingerprint density at radius 1 is 1.34 bits per heavy atom. The summed E-state index contributed by atoms with van der Waals surface area (Å²) in [6.07, 6.45) is -4.04. The van der Waals surface area contributed by atoms with Gasteiger partial charge in [0, 0.05) is 31.0 Å². The highest BCUT2D eigenvalue weighted by Gasteiger charge is 2.48. The summed E-state index contributed by atoms with van der Waals surface area (Å²) in [6.45, 7) is 3.67. The van der Waals surface area contributed by atoms with Gasteiger partial charge in [0.2, 0.25) is 5.89 Å². The number of aromatic nitrogens is 3. The van der Waals surface area contributed by atoms with E-state index in [0.717, 1.165) is 32.0 Å². The largest absolute Gasteiger partial charge is 0.481 e.